The highest BCUT2D eigenvalue weighted by atomic mass is 16.3. The van der Waals surface area contributed by atoms with Crippen molar-refractivity contribution >= 4 is 16.9 Å². The van der Waals surface area contributed by atoms with Crippen LogP contribution < -0.4 is 5.32 Å². The Bertz CT molecular complexity index is 981. The molecule has 118 valence electrons. The van der Waals surface area contributed by atoms with Crippen molar-refractivity contribution in [2.75, 3.05) is 5.32 Å². The molecule has 0 atom stereocenters. The molecule has 6 heteroatoms. The van der Waals surface area contributed by atoms with Gasteiger partial charge in [0.25, 0.3) is 0 Å². The average Bonchev–Trinajstić information content (AvgIpc) is 3.09. The van der Waals surface area contributed by atoms with Crippen LogP contribution in [0.25, 0.3) is 22.3 Å². The van der Waals surface area contributed by atoms with Crippen LogP contribution in [-0.2, 0) is 6.54 Å². The van der Waals surface area contributed by atoms with E-state index in [0.717, 1.165) is 22.2 Å². The van der Waals surface area contributed by atoms with Gasteiger partial charge in [-0.1, -0.05) is 6.07 Å². The SMILES string of the molecule is Oc1cccnc1-c1cc(NCc2cccnc2)nc2[nH]ccc12. The molecule has 4 rings (SSSR count). The number of hydrogen-bond acceptors (Lipinski definition) is 5. The summed E-state index contributed by atoms with van der Waals surface area (Å²) in [5.74, 6) is 0.846. The molecule has 0 fully saturated rings. The van der Waals surface area contributed by atoms with Crippen molar-refractivity contribution in [3.05, 3.63) is 66.7 Å². The summed E-state index contributed by atoms with van der Waals surface area (Å²) >= 11 is 0. The number of fused-ring (bicyclic) bond motifs is 1. The lowest BCUT2D eigenvalue weighted by molar-refractivity contribution is 0.475. The Morgan fingerprint density at radius 1 is 1.12 bits per heavy atom. The van der Waals surface area contributed by atoms with Crippen LogP contribution in [0, 0.1) is 0 Å². The molecule has 0 aliphatic heterocycles. The van der Waals surface area contributed by atoms with Gasteiger partial charge in [-0.2, -0.15) is 0 Å². The second kappa shape index (κ2) is 6.00. The highest BCUT2D eigenvalue weighted by molar-refractivity contribution is 5.95. The van der Waals surface area contributed by atoms with E-state index in [1.807, 2.05) is 36.7 Å². The summed E-state index contributed by atoms with van der Waals surface area (Å²) in [7, 11) is 0. The maximum absolute atomic E-state index is 10.1. The van der Waals surface area contributed by atoms with Gasteiger partial charge in [-0.15, -0.1) is 0 Å². The van der Waals surface area contributed by atoms with Gasteiger partial charge in [0.15, 0.2) is 0 Å². The molecular formula is C18H15N5O. The highest BCUT2D eigenvalue weighted by Gasteiger charge is 2.13. The van der Waals surface area contributed by atoms with E-state index in [2.05, 4.69) is 25.3 Å². The summed E-state index contributed by atoms with van der Waals surface area (Å²) in [6.07, 6.45) is 7.04. The predicted octanol–water partition coefficient (Wildman–Crippen LogP) is 3.34. The van der Waals surface area contributed by atoms with Gasteiger partial charge in [0.1, 0.15) is 22.9 Å². The molecule has 0 unspecified atom stereocenters. The molecule has 3 N–H and O–H groups in total. The molecule has 0 aliphatic carbocycles. The number of nitrogens with one attached hydrogen (secondary N) is 2. The number of rotatable bonds is 4. The van der Waals surface area contributed by atoms with Gasteiger partial charge in [-0.3, -0.25) is 9.97 Å². The third-order valence-corrected chi connectivity index (χ3v) is 3.77. The number of aromatic amines is 1. The number of pyridine rings is 3. The van der Waals surface area contributed by atoms with E-state index >= 15 is 0 Å². The number of hydrogen-bond donors (Lipinski definition) is 3. The molecular weight excluding hydrogens is 302 g/mol. The van der Waals surface area contributed by atoms with Gasteiger partial charge < -0.3 is 15.4 Å². The molecule has 0 bridgehead atoms. The summed E-state index contributed by atoms with van der Waals surface area (Å²) in [5.41, 5.74) is 3.17. The number of nitrogens with zero attached hydrogens (tertiary/aromatic N) is 3. The lowest BCUT2D eigenvalue weighted by Gasteiger charge is -2.10. The zero-order valence-electron chi connectivity index (χ0n) is 12.8. The standard InChI is InChI=1S/C18H15N5O/c24-15-4-2-7-20-17(15)14-9-16(23-18-13(14)5-8-21-18)22-11-12-3-1-6-19-10-12/h1-10,24H,11H2,(H2,21,22,23). The number of H-pyrrole nitrogens is 1. The van der Waals surface area contributed by atoms with Crippen molar-refractivity contribution in [2.45, 2.75) is 6.54 Å². The van der Waals surface area contributed by atoms with E-state index < -0.39 is 0 Å². The fourth-order valence-electron chi connectivity index (χ4n) is 2.62. The van der Waals surface area contributed by atoms with Gasteiger partial charge in [0.05, 0.1) is 0 Å². The molecule has 24 heavy (non-hydrogen) atoms. The van der Waals surface area contributed by atoms with E-state index in [-0.39, 0.29) is 5.75 Å². The van der Waals surface area contributed by atoms with Crippen LogP contribution in [0.4, 0.5) is 5.82 Å². The highest BCUT2D eigenvalue weighted by Crippen LogP contribution is 2.33. The monoisotopic (exact) mass is 317 g/mol. The fraction of sp³-hybridized carbons (Fsp3) is 0.0556. The Morgan fingerprint density at radius 2 is 2.04 bits per heavy atom. The lowest BCUT2D eigenvalue weighted by atomic mass is 10.1. The summed E-state index contributed by atoms with van der Waals surface area (Å²) in [6.45, 7) is 0.612. The van der Waals surface area contributed by atoms with Crippen LogP contribution in [0.1, 0.15) is 5.56 Å². The Hall–Kier alpha value is -3.41. The molecule has 0 saturated heterocycles. The van der Waals surface area contributed by atoms with Crippen molar-refractivity contribution in [2.24, 2.45) is 0 Å². The van der Waals surface area contributed by atoms with Crippen LogP contribution in [0.2, 0.25) is 0 Å². The summed E-state index contributed by atoms with van der Waals surface area (Å²) in [4.78, 5) is 16.1. The van der Waals surface area contributed by atoms with Crippen LogP contribution in [0.5, 0.6) is 5.75 Å². The normalized spacial score (nSPS) is 10.8. The van der Waals surface area contributed by atoms with E-state index in [1.165, 1.54) is 0 Å². The van der Waals surface area contributed by atoms with E-state index in [9.17, 15) is 5.11 Å². The molecule has 4 aromatic rings. The largest absolute Gasteiger partial charge is 0.506 e. The topological polar surface area (TPSA) is 86.7 Å². The minimum Gasteiger partial charge on any atom is -0.506 e. The second-order valence-electron chi connectivity index (χ2n) is 5.38. The molecule has 6 nitrogen and oxygen atoms in total. The predicted molar refractivity (Wildman–Crippen MR) is 92.6 cm³/mol. The maximum Gasteiger partial charge on any atom is 0.141 e. The second-order valence-corrected chi connectivity index (χ2v) is 5.38. The smallest absolute Gasteiger partial charge is 0.141 e. The van der Waals surface area contributed by atoms with Gasteiger partial charge in [0, 0.05) is 42.3 Å². The fourth-order valence-corrected chi connectivity index (χ4v) is 2.62. The average molecular weight is 317 g/mol. The third kappa shape index (κ3) is 2.65. The minimum absolute atomic E-state index is 0.143. The minimum atomic E-state index is 0.143. The van der Waals surface area contributed by atoms with Gasteiger partial charge in [0.2, 0.25) is 0 Å². The first-order valence-electron chi connectivity index (χ1n) is 7.56. The Kier molecular flexibility index (Phi) is 3.55. The quantitative estimate of drug-likeness (QED) is 0.537. The summed E-state index contributed by atoms with van der Waals surface area (Å²) in [5, 5.41) is 14.3. The summed E-state index contributed by atoms with van der Waals surface area (Å²) in [6, 6.07) is 11.1. The van der Waals surface area contributed by atoms with Crippen LogP contribution in [0.15, 0.2) is 61.2 Å². The Balaban J connectivity index is 1.74. The van der Waals surface area contributed by atoms with Gasteiger partial charge in [-0.05, 0) is 35.9 Å². The molecule has 0 aromatic carbocycles. The van der Waals surface area contributed by atoms with Gasteiger partial charge >= 0.3 is 0 Å². The maximum atomic E-state index is 10.1. The van der Waals surface area contributed by atoms with Crippen molar-refractivity contribution in [1.82, 2.24) is 19.9 Å². The van der Waals surface area contributed by atoms with Crippen molar-refractivity contribution in [1.29, 1.82) is 0 Å². The summed E-state index contributed by atoms with van der Waals surface area (Å²) < 4.78 is 0. The number of aromatic nitrogens is 4. The van der Waals surface area contributed by atoms with Crippen LogP contribution in [-0.4, -0.2) is 25.0 Å². The first-order valence-corrected chi connectivity index (χ1v) is 7.56. The van der Waals surface area contributed by atoms with E-state index in [1.54, 1.807) is 24.5 Å². The zero-order valence-corrected chi connectivity index (χ0v) is 12.8. The third-order valence-electron chi connectivity index (χ3n) is 3.77. The number of aromatic hydroxyl groups is 1. The number of anilines is 1. The molecule has 0 spiro atoms. The Labute approximate surface area is 138 Å². The molecule has 4 heterocycles. The van der Waals surface area contributed by atoms with Crippen LogP contribution >= 0.6 is 0 Å². The molecule has 0 radical (unpaired) electrons. The molecule has 0 aliphatic rings. The van der Waals surface area contributed by atoms with Crippen molar-refractivity contribution in [3.63, 3.8) is 0 Å². The first-order chi connectivity index (χ1) is 11.8. The van der Waals surface area contributed by atoms with E-state index in [0.29, 0.717) is 18.1 Å². The van der Waals surface area contributed by atoms with Crippen molar-refractivity contribution in [3.8, 4) is 17.0 Å². The molecule has 0 amide bonds. The molecule has 4 aromatic heterocycles. The Morgan fingerprint density at radius 3 is 2.88 bits per heavy atom. The van der Waals surface area contributed by atoms with E-state index in [4.69, 9.17) is 0 Å². The van der Waals surface area contributed by atoms with Crippen molar-refractivity contribution < 1.29 is 5.11 Å². The van der Waals surface area contributed by atoms with Crippen LogP contribution in [0.3, 0.4) is 0 Å². The zero-order chi connectivity index (χ0) is 16.4. The lowest BCUT2D eigenvalue weighted by Crippen LogP contribution is -2.02. The molecule has 0 saturated carbocycles. The first kappa shape index (κ1) is 14.2. The van der Waals surface area contributed by atoms with Gasteiger partial charge in [-0.25, -0.2) is 4.98 Å².